The second-order valence-corrected chi connectivity index (χ2v) is 7.48. The third-order valence-electron chi connectivity index (χ3n) is 3.48. The van der Waals surface area contributed by atoms with E-state index in [1.807, 2.05) is 0 Å². The number of sulfonamides is 1. The van der Waals surface area contributed by atoms with Crippen LogP contribution in [-0.4, -0.2) is 32.7 Å². The SMILES string of the molecule is CN(C)S(=O)(=O)c1ccc(NC(=O)C[C@H]2C=CCC2)cc1. The maximum atomic E-state index is 11.9. The van der Waals surface area contributed by atoms with Crippen molar-refractivity contribution in [2.45, 2.75) is 24.2 Å². The largest absolute Gasteiger partial charge is 0.326 e. The summed E-state index contributed by atoms with van der Waals surface area (Å²) in [6.07, 6.45) is 6.70. The summed E-state index contributed by atoms with van der Waals surface area (Å²) < 4.78 is 25.0. The van der Waals surface area contributed by atoms with Gasteiger partial charge in [0.1, 0.15) is 0 Å². The number of carbonyl (C=O) groups excluding carboxylic acids is 1. The fourth-order valence-corrected chi connectivity index (χ4v) is 3.14. The molecule has 1 aromatic carbocycles. The molecule has 6 heteroatoms. The van der Waals surface area contributed by atoms with Crippen molar-refractivity contribution in [2.75, 3.05) is 19.4 Å². The van der Waals surface area contributed by atoms with E-state index in [-0.39, 0.29) is 10.8 Å². The number of rotatable bonds is 5. The zero-order valence-electron chi connectivity index (χ0n) is 12.2. The Balaban J connectivity index is 1.99. The van der Waals surface area contributed by atoms with Crippen LogP contribution in [0, 0.1) is 5.92 Å². The summed E-state index contributed by atoms with van der Waals surface area (Å²) in [5.74, 6) is 0.271. The third kappa shape index (κ3) is 3.92. The quantitative estimate of drug-likeness (QED) is 0.848. The second kappa shape index (κ2) is 6.41. The van der Waals surface area contributed by atoms with Gasteiger partial charge < -0.3 is 5.32 Å². The Kier molecular flexibility index (Phi) is 4.80. The fourth-order valence-electron chi connectivity index (χ4n) is 2.24. The minimum absolute atomic E-state index is 0.0465. The summed E-state index contributed by atoms with van der Waals surface area (Å²) in [7, 11) is -0.457. The van der Waals surface area contributed by atoms with Crippen molar-refractivity contribution in [2.24, 2.45) is 5.92 Å². The summed E-state index contributed by atoms with van der Waals surface area (Å²) in [6.45, 7) is 0. The first-order valence-corrected chi connectivity index (χ1v) is 8.32. The zero-order valence-corrected chi connectivity index (χ0v) is 13.1. The smallest absolute Gasteiger partial charge is 0.242 e. The lowest BCUT2D eigenvalue weighted by atomic mass is 10.1. The Bertz CT molecular complexity index is 633. The maximum Gasteiger partial charge on any atom is 0.242 e. The van der Waals surface area contributed by atoms with Gasteiger partial charge in [0, 0.05) is 26.2 Å². The van der Waals surface area contributed by atoms with E-state index in [1.54, 1.807) is 12.1 Å². The normalized spacial score (nSPS) is 18.1. The van der Waals surface area contributed by atoms with E-state index >= 15 is 0 Å². The summed E-state index contributed by atoms with van der Waals surface area (Å²) in [6, 6.07) is 6.22. The second-order valence-electron chi connectivity index (χ2n) is 5.33. The van der Waals surface area contributed by atoms with E-state index in [0.29, 0.717) is 18.0 Å². The number of nitrogens with one attached hydrogen (secondary N) is 1. The fraction of sp³-hybridized carbons (Fsp3) is 0.400. The van der Waals surface area contributed by atoms with Crippen molar-refractivity contribution in [1.82, 2.24) is 4.31 Å². The first kappa shape index (κ1) is 15.7. The Morgan fingerprint density at radius 1 is 1.29 bits per heavy atom. The van der Waals surface area contributed by atoms with Crippen molar-refractivity contribution in [1.29, 1.82) is 0 Å². The predicted octanol–water partition coefficient (Wildman–Crippen LogP) is 2.23. The van der Waals surface area contributed by atoms with Crippen LogP contribution in [0.4, 0.5) is 5.69 Å². The van der Waals surface area contributed by atoms with Gasteiger partial charge in [-0.2, -0.15) is 0 Å². The van der Waals surface area contributed by atoms with Crippen LogP contribution in [0.1, 0.15) is 19.3 Å². The van der Waals surface area contributed by atoms with Crippen LogP contribution in [0.3, 0.4) is 0 Å². The molecule has 0 fully saturated rings. The number of carbonyl (C=O) groups is 1. The van der Waals surface area contributed by atoms with Crippen molar-refractivity contribution >= 4 is 21.6 Å². The number of hydrogen-bond donors (Lipinski definition) is 1. The molecule has 1 aromatic rings. The maximum absolute atomic E-state index is 11.9. The minimum atomic E-state index is -3.43. The predicted molar refractivity (Wildman–Crippen MR) is 82.4 cm³/mol. The van der Waals surface area contributed by atoms with Gasteiger partial charge in [0.25, 0.3) is 0 Å². The van der Waals surface area contributed by atoms with Crippen LogP contribution in [-0.2, 0) is 14.8 Å². The summed E-state index contributed by atoms with van der Waals surface area (Å²) in [4.78, 5) is 12.1. The number of benzene rings is 1. The molecule has 21 heavy (non-hydrogen) atoms. The van der Waals surface area contributed by atoms with Gasteiger partial charge in [0.05, 0.1) is 4.90 Å². The molecule has 0 heterocycles. The summed E-state index contributed by atoms with van der Waals surface area (Å²) in [5, 5.41) is 2.80. The van der Waals surface area contributed by atoms with E-state index in [0.717, 1.165) is 17.1 Å². The number of nitrogens with zero attached hydrogens (tertiary/aromatic N) is 1. The molecular weight excluding hydrogens is 288 g/mol. The van der Waals surface area contributed by atoms with Crippen LogP contribution in [0.25, 0.3) is 0 Å². The highest BCUT2D eigenvalue weighted by atomic mass is 32.2. The molecule has 1 amide bonds. The molecule has 1 N–H and O–H groups in total. The molecule has 1 atom stereocenters. The number of amides is 1. The summed E-state index contributed by atoms with van der Waals surface area (Å²) >= 11 is 0. The van der Waals surface area contributed by atoms with Crippen LogP contribution < -0.4 is 5.32 Å². The van der Waals surface area contributed by atoms with Gasteiger partial charge in [-0.1, -0.05) is 12.2 Å². The number of allylic oxidation sites excluding steroid dienone is 2. The van der Waals surface area contributed by atoms with Gasteiger partial charge >= 0.3 is 0 Å². The van der Waals surface area contributed by atoms with E-state index in [9.17, 15) is 13.2 Å². The number of hydrogen-bond acceptors (Lipinski definition) is 3. The van der Waals surface area contributed by atoms with E-state index in [1.165, 1.54) is 26.2 Å². The van der Waals surface area contributed by atoms with Crippen LogP contribution >= 0.6 is 0 Å². The van der Waals surface area contributed by atoms with Crippen LogP contribution in [0.5, 0.6) is 0 Å². The molecule has 0 radical (unpaired) electrons. The van der Waals surface area contributed by atoms with Crippen molar-refractivity contribution in [3.63, 3.8) is 0 Å². The Hall–Kier alpha value is -1.66. The zero-order chi connectivity index (χ0) is 15.5. The molecule has 114 valence electrons. The molecular formula is C15H20N2O3S. The summed E-state index contributed by atoms with van der Waals surface area (Å²) in [5.41, 5.74) is 0.611. The van der Waals surface area contributed by atoms with Gasteiger partial charge in [0.15, 0.2) is 0 Å². The van der Waals surface area contributed by atoms with E-state index < -0.39 is 10.0 Å². The minimum Gasteiger partial charge on any atom is -0.326 e. The monoisotopic (exact) mass is 308 g/mol. The van der Waals surface area contributed by atoms with E-state index in [4.69, 9.17) is 0 Å². The standard InChI is InChI=1S/C15H20N2O3S/c1-17(2)21(19,20)14-9-7-13(8-10-14)16-15(18)11-12-5-3-4-6-12/h3,5,7-10,12H,4,6,11H2,1-2H3,(H,16,18)/t12-/m0/s1. The molecule has 0 saturated carbocycles. The first-order valence-electron chi connectivity index (χ1n) is 6.88. The van der Waals surface area contributed by atoms with E-state index in [2.05, 4.69) is 17.5 Å². The van der Waals surface area contributed by atoms with Crippen LogP contribution in [0.2, 0.25) is 0 Å². The Labute approximate surface area is 125 Å². The molecule has 0 spiro atoms. The molecule has 2 rings (SSSR count). The molecule has 1 aliphatic rings. The molecule has 5 nitrogen and oxygen atoms in total. The molecule has 1 aliphatic carbocycles. The van der Waals surface area contributed by atoms with Gasteiger partial charge in [-0.3, -0.25) is 4.79 Å². The van der Waals surface area contributed by atoms with Crippen molar-refractivity contribution in [3.05, 3.63) is 36.4 Å². The molecule has 0 bridgehead atoms. The highest BCUT2D eigenvalue weighted by Crippen LogP contribution is 2.21. The lowest BCUT2D eigenvalue weighted by molar-refractivity contribution is -0.116. The average Bonchev–Trinajstić information content (AvgIpc) is 2.91. The molecule has 0 aliphatic heterocycles. The number of anilines is 1. The van der Waals surface area contributed by atoms with Crippen LogP contribution in [0.15, 0.2) is 41.3 Å². The third-order valence-corrected chi connectivity index (χ3v) is 5.31. The van der Waals surface area contributed by atoms with Gasteiger partial charge in [-0.15, -0.1) is 0 Å². The van der Waals surface area contributed by atoms with Gasteiger partial charge in [-0.05, 0) is 43.0 Å². The van der Waals surface area contributed by atoms with Crippen molar-refractivity contribution in [3.8, 4) is 0 Å². The molecule has 0 aromatic heterocycles. The average molecular weight is 308 g/mol. The lowest BCUT2D eigenvalue weighted by Gasteiger charge is -2.12. The van der Waals surface area contributed by atoms with Gasteiger partial charge in [0.2, 0.25) is 15.9 Å². The lowest BCUT2D eigenvalue weighted by Crippen LogP contribution is -2.22. The van der Waals surface area contributed by atoms with Gasteiger partial charge in [-0.25, -0.2) is 12.7 Å². The topological polar surface area (TPSA) is 66.5 Å². The molecule has 0 saturated heterocycles. The van der Waals surface area contributed by atoms with Crippen molar-refractivity contribution < 1.29 is 13.2 Å². The first-order chi connectivity index (χ1) is 9.89. The Morgan fingerprint density at radius 2 is 1.95 bits per heavy atom. The molecule has 0 unspecified atom stereocenters. The highest BCUT2D eigenvalue weighted by molar-refractivity contribution is 7.89. The highest BCUT2D eigenvalue weighted by Gasteiger charge is 2.17. The Morgan fingerprint density at radius 3 is 2.48 bits per heavy atom.